The van der Waals surface area contributed by atoms with Gasteiger partial charge >= 0.3 is 0 Å². The van der Waals surface area contributed by atoms with E-state index >= 15 is 0 Å². The van der Waals surface area contributed by atoms with Gasteiger partial charge in [-0.15, -0.1) is 11.3 Å². The Morgan fingerprint density at radius 3 is 2.61 bits per heavy atom. The number of hydrogen-bond acceptors (Lipinski definition) is 5. The van der Waals surface area contributed by atoms with Gasteiger partial charge in [-0.05, 0) is 69.3 Å². The Hall–Kier alpha value is -2.75. The first-order valence-corrected chi connectivity index (χ1v) is 10.4. The molecule has 1 N–H and O–H groups in total. The number of nitrogens with one attached hydrogen (secondary N) is 1. The molecule has 1 aliphatic heterocycles. The van der Waals surface area contributed by atoms with Crippen molar-refractivity contribution in [1.82, 2.24) is 9.88 Å². The Kier molecular flexibility index (Phi) is 5.38. The first-order chi connectivity index (χ1) is 13.6. The van der Waals surface area contributed by atoms with E-state index in [-0.39, 0.29) is 11.9 Å². The minimum atomic E-state index is -0.188. The monoisotopic (exact) mass is 390 g/mol. The van der Waals surface area contributed by atoms with Crippen LogP contribution in [0.3, 0.4) is 0 Å². The highest BCUT2D eigenvalue weighted by Gasteiger charge is 2.28. The van der Waals surface area contributed by atoms with E-state index in [0.717, 1.165) is 37.1 Å². The van der Waals surface area contributed by atoms with Gasteiger partial charge in [-0.2, -0.15) is 5.26 Å². The number of aromatic nitrogens is 1. The Morgan fingerprint density at radius 1 is 1.21 bits per heavy atom. The highest BCUT2D eigenvalue weighted by molar-refractivity contribution is 7.18. The lowest BCUT2D eigenvalue weighted by molar-refractivity contribution is -0.121. The number of thiazole rings is 1. The Labute approximate surface area is 168 Å². The predicted molar refractivity (Wildman–Crippen MR) is 112 cm³/mol. The van der Waals surface area contributed by atoms with Crippen LogP contribution in [0.15, 0.2) is 48.5 Å². The Bertz CT molecular complexity index is 980. The maximum atomic E-state index is 12.6. The molecule has 1 aliphatic rings. The van der Waals surface area contributed by atoms with Gasteiger partial charge in [0, 0.05) is 11.6 Å². The molecule has 1 amide bonds. The van der Waals surface area contributed by atoms with Crippen LogP contribution < -0.4 is 5.32 Å². The van der Waals surface area contributed by atoms with Crippen LogP contribution in [-0.4, -0.2) is 34.9 Å². The summed E-state index contributed by atoms with van der Waals surface area (Å²) in [6, 6.07) is 17.1. The number of fused-ring (bicyclic) bond motifs is 1. The molecule has 0 unspecified atom stereocenters. The van der Waals surface area contributed by atoms with E-state index in [1.807, 2.05) is 13.0 Å². The number of carbonyl (C=O) groups is 1. The topological polar surface area (TPSA) is 69.0 Å². The van der Waals surface area contributed by atoms with Crippen molar-refractivity contribution in [2.45, 2.75) is 31.7 Å². The minimum absolute atomic E-state index is 0.0110. The molecular weight excluding hydrogens is 368 g/mol. The van der Waals surface area contributed by atoms with E-state index < -0.39 is 0 Å². The number of para-hydroxylation sites is 1. The van der Waals surface area contributed by atoms with Crippen LogP contribution in [0.1, 0.15) is 36.3 Å². The van der Waals surface area contributed by atoms with Gasteiger partial charge in [0.05, 0.1) is 32.9 Å². The molecule has 3 aromatic rings. The van der Waals surface area contributed by atoms with E-state index in [2.05, 4.69) is 34.5 Å². The Balaban J connectivity index is 1.34. The molecule has 2 aromatic carbocycles. The summed E-state index contributed by atoms with van der Waals surface area (Å²) in [5.74, 6) is 0.464. The molecule has 5 nitrogen and oxygen atoms in total. The smallest absolute Gasteiger partial charge is 0.241 e. The number of carbonyl (C=O) groups excluding carboxylic acids is 1. The molecule has 2 heterocycles. The van der Waals surface area contributed by atoms with Gasteiger partial charge in [0.2, 0.25) is 5.91 Å². The number of anilines is 1. The van der Waals surface area contributed by atoms with Crippen LogP contribution in [0.2, 0.25) is 0 Å². The van der Waals surface area contributed by atoms with Crippen LogP contribution in [0, 0.1) is 11.3 Å². The summed E-state index contributed by atoms with van der Waals surface area (Å²) in [6.07, 6.45) is 2.04. The van der Waals surface area contributed by atoms with Crippen molar-refractivity contribution in [3.8, 4) is 6.07 Å². The average Bonchev–Trinajstić information content (AvgIpc) is 3.18. The van der Waals surface area contributed by atoms with Gasteiger partial charge in [-0.25, -0.2) is 4.98 Å². The maximum Gasteiger partial charge on any atom is 0.241 e. The lowest BCUT2D eigenvalue weighted by Gasteiger charge is -2.34. The second-order valence-corrected chi connectivity index (χ2v) is 8.25. The summed E-state index contributed by atoms with van der Waals surface area (Å²) in [7, 11) is 0. The van der Waals surface area contributed by atoms with E-state index in [9.17, 15) is 4.79 Å². The average molecular weight is 391 g/mol. The molecule has 1 fully saturated rings. The van der Waals surface area contributed by atoms with Crippen LogP contribution in [0.25, 0.3) is 10.2 Å². The molecule has 1 saturated heterocycles. The first kappa shape index (κ1) is 18.6. The van der Waals surface area contributed by atoms with E-state index in [4.69, 9.17) is 10.2 Å². The minimum Gasteiger partial charge on any atom is -0.325 e. The van der Waals surface area contributed by atoms with Crippen molar-refractivity contribution in [3.05, 3.63) is 59.1 Å². The fourth-order valence-electron chi connectivity index (χ4n) is 3.64. The zero-order valence-electron chi connectivity index (χ0n) is 15.8. The van der Waals surface area contributed by atoms with Gasteiger partial charge in [0.1, 0.15) is 0 Å². The summed E-state index contributed by atoms with van der Waals surface area (Å²) in [6.45, 7) is 3.74. The van der Waals surface area contributed by atoms with Crippen LogP contribution in [-0.2, 0) is 4.79 Å². The zero-order chi connectivity index (χ0) is 19.5. The van der Waals surface area contributed by atoms with Gasteiger partial charge in [-0.3, -0.25) is 9.69 Å². The third-order valence-corrected chi connectivity index (χ3v) is 6.60. The molecule has 28 heavy (non-hydrogen) atoms. The van der Waals surface area contributed by atoms with E-state index in [1.165, 1.54) is 9.71 Å². The Morgan fingerprint density at radius 2 is 1.93 bits per heavy atom. The number of hydrogen-bond donors (Lipinski definition) is 1. The van der Waals surface area contributed by atoms with Crippen molar-refractivity contribution < 1.29 is 4.79 Å². The van der Waals surface area contributed by atoms with Gasteiger partial charge in [0.25, 0.3) is 0 Å². The molecular formula is C22H22N4OS. The third kappa shape index (κ3) is 3.91. The summed E-state index contributed by atoms with van der Waals surface area (Å²) in [5, 5.41) is 13.0. The van der Waals surface area contributed by atoms with E-state index in [1.54, 1.807) is 35.6 Å². The molecule has 6 heteroatoms. The quantitative estimate of drug-likeness (QED) is 0.718. The molecule has 142 valence electrons. The molecule has 0 aliphatic carbocycles. The molecule has 0 bridgehead atoms. The van der Waals surface area contributed by atoms with Crippen LogP contribution in [0.4, 0.5) is 5.69 Å². The van der Waals surface area contributed by atoms with Gasteiger partial charge in [-0.1, -0.05) is 12.1 Å². The largest absolute Gasteiger partial charge is 0.325 e. The molecule has 0 radical (unpaired) electrons. The normalized spacial score (nSPS) is 16.6. The van der Waals surface area contributed by atoms with Gasteiger partial charge < -0.3 is 5.32 Å². The lowest BCUT2D eigenvalue weighted by atomic mass is 9.96. The van der Waals surface area contributed by atoms with Crippen molar-refractivity contribution in [1.29, 1.82) is 5.26 Å². The van der Waals surface area contributed by atoms with Crippen molar-refractivity contribution >= 4 is 33.1 Å². The van der Waals surface area contributed by atoms with Crippen molar-refractivity contribution in [2.75, 3.05) is 18.4 Å². The lowest BCUT2D eigenvalue weighted by Crippen LogP contribution is -2.45. The summed E-state index contributed by atoms with van der Waals surface area (Å²) < 4.78 is 1.25. The van der Waals surface area contributed by atoms with Crippen molar-refractivity contribution in [2.24, 2.45) is 0 Å². The summed E-state index contributed by atoms with van der Waals surface area (Å²) in [4.78, 5) is 19.7. The SMILES string of the molecule is C[C@@H](C(=O)Nc1ccc(C#N)cc1)N1CCC(c2nc3ccccc3s2)CC1. The number of rotatable bonds is 4. The van der Waals surface area contributed by atoms with Crippen molar-refractivity contribution in [3.63, 3.8) is 0 Å². The van der Waals surface area contributed by atoms with Crippen LogP contribution in [0.5, 0.6) is 0 Å². The number of nitriles is 1. The second kappa shape index (κ2) is 8.09. The number of benzene rings is 2. The number of nitrogens with zero attached hydrogens (tertiary/aromatic N) is 3. The highest BCUT2D eigenvalue weighted by Crippen LogP contribution is 2.34. The number of piperidine rings is 1. The summed E-state index contributed by atoms with van der Waals surface area (Å²) in [5.41, 5.74) is 2.39. The highest BCUT2D eigenvalue weighted by atomic mass is 32.1. The van der Waals surface area contributed by atoms with Crippen LogP contribution >= 0.6 is 11.3 Å². The zero-order valence-corrected chi connectivity index (χ0v) is 16.6. The maximum absolute atomic E-state index is 12.6. The second-order valence-electron chi connectivity index (χ2n) is 7.18. The summed E-state index contributed by atoms with van der Waals surface area (Å²) >= 11 is 1.79. The molecule has 4 rings (SSSR count). The van der Waals surface area contributed by atoms with E-state index in [0.29, 0.717) is 11.5 Å². The fraction of sp³-hybridized carbons (Fsp3) is 0.318. The molecule has 1 atom stereocenters. The molecule has 1 aromatic heterocycles. The predicted octanol–water partition coefficient (Wildman–Crippen LogP) is 4.37. The number of amides is 1. The molecule has 0 saturated carbocycles. The molecule has 0 spiro atoms. The number of likely N-dealkylation sites (tertiary alicyclic amines) is 1. The standard InChI is InChI=1S/C22H22N4OS/c1-15(21(27)24-18-8-6-16(14-23)7-9-18)26-12-10-17(11-13-26)22-25-19-4-2-3-5-20(19)28-22/h2-9,15,17H,10-13H2,1H3,(H,24,27)/t15-/m0/s1. The van der Waals surface area contributed by atoms with Gasteiger partial charge in [0.15, 0.2) is 0 Å². The third-order valence-electron chi connectivity index (χ3n) is 5.40. The first-order valence-electron chi connectivity index (χ1n) is 9.54. The fourth-order valence-corrected chi connectivity index (χ4v) is 4.78.